The van der Waals surface area contributed by atoms with Crippen LogP contribution in [0.4, 0.5) is 5.69 Å². The first-order valence-electron chi connectivity index (χ1n) is 10.6. The van der Waals surface area contributed by atoms with Gasteiger partial charge in [0.05, 0.1) is 26.8 Å². The molecule has 0 radical (unpaired) electrons. The van der Waals surface area contributed by atoms with E-state index in [1.165, 1.54) is 11.3 Å². The number of carbonyl (C=O) groups excluding carboxylic acids is 1. The van der Waals surface area contributed by atoms with Crippen molar-refractivity contribution in [2.75, 3.05) is 39.2 Å². The van der Waals surface area contributed by atoms with Crippen molar-refractivity contribution in [1.29, 1.82) is 0 Å². The quantitative estimate of drug-likeness (QED) is 0.692. The van der Waals surface area contributed by atoms with E-state index in [1.807, 2.05) is 25.1 Å². The van der Waals surface area contributed by atoms with Crippen LogP contribution in [0.25, 0.3) is 0 Å². The molecule has 1 heterocycles. The van der Waals surface area contributed by atoms with E-state index in [9.17, 15) is 4.79 Å². The number of hydrogen-bond acceptors (Lipinski definition) is 5. The van der Waals surface area contributed by atoms with Crippen LogP contribution in [0.5, 0.6) is 11.5 Å². The van der Waals surface area contributed by atoms with Crippen LogP contribution in [0.15, 0.2) is 42.5 Å². The number of likely N-dealkylation sites (tertiary alicyclic amines) is 1. The van der Waals surface area contributed by atoms with Gasteiger partial charge >= 0.3 is 0 Å². The highest BCUT2D eigenvalue weighted by molar-refractivity contribution is 5.78. The second kappa shape index (κ2) is 10.3. The summed E-state index contributed by atoms with van der Waals surface area (Å²) in [5.41, 5.74) is 3.38. The fraction of sp³-hybridized carbons (Fsp3) is 0.458. The second-order valence-electron chi connectivity index (χ2n) is 7.91. The molecule has 0 spiro atoms. The van der Waals surface area contributed by atoms with Gasteiger partial charge in [-0.3, -0.25) is 9.69 Å². The van der Waals surface area contributed by atoms with Crippen LogP contribution >= 0.6 is 0 Å². The third-order valence-corrected chi connectivity index (χ3v) is 5.74. The molecule has 2 aromatic rings. The number of para-hydroxylation sites is 1. The maximum atomic E-state index is 12.6. The summed E-state index contributed by atoms with van der Waals surface area (Å²) >= 11 is 0. The number of ether oxygens (including phenoxy) is 2. The zero-order chi connectivity index (χ0) is 21.5. The Bertz CT molecular complexity index is 847. The summed E-state index contributed by atoms with van der Waals surface area (Å²) in [4.78, 5) is 14.8. The highest BCUT2D eigenvalue weighted by atomic mass is 16.5. The lowest BCUT2D eigenvalue weighted by Gasteiger charge is -2.33. The molecule has 1 fully saturated rings. The summed E-state index contributed by atoms with van der Waals surface area (Å²) in [6.07, 6.45) is 2.06. The van der Waals surface area contributed by atoms with Crippen molar-refractivity contribution in [2.45, 2.75) is 38.8 Å². The van der Waals surface area contributed by atoms with Crippen molar-refractivity contribution in [3.8, 4) is 11.5 Å². The second-order valence-corrected chi connectivity index (χ2v) is 7.91. The predicted octanol–water partition coefficient (Wildman–Crippen LogP) is 3.77. The van der Waals surface area contributed by atoms with Gasteiger partial charge in [0.15, 0.2) is 0 Å². The van der Waals surface area contributed by atoms with Crippen LogP contribution in [0, 0.1) is 6.92 Å². The first-order valence-corrected chi connectivity index (χ1v) is 10.6. The van der Waals surface area contributed by atoms with Crippen LogP contribution in [-0.2, 0) is 4.79 Å². The highest BCUT2D eigenvalue weighted by Gasteiger charge is 2.22. The molecule has 6 heteroatoms. The van der Waals surface area contributed by atoms with Gasteiger partial charge in [-0.25, -0.2) is 0 Å². The molecule has 1 atom stereocenters. The number of amides is 1. The van der Waals surface area contributed by atoms with Gasteiger partial charge in [-0.1, -0.05) is 18.2 Å². The number of rotatable bonds is 8. The molecule has 2 aromatic carbocycles. The molecule has 2 N–H and O–H groups in total. The van der Waals surface area contributed by atoms with E-state index in [4.69, 9.17) is 9.47 Å². The number of piperidine rings is 1. The van der Waals surface area contributed by atoms with E-state index >= 15 is 0 Å². The minimum Gasteiger partial charge on any atom is -0.497 e. The molecule has 0 aromatic heterocycles. The minimum atomic E-state index is -0.164. The van der Waals surface area contributed by atoms with Gasteiger partial charge in [-0.2, -0.15) is 0 Å². The van der Waals surface area contributed by atoms with Gasteiger partial charge in [0.1, 0.15) is 11.5 Å². The summed E-state index contributed by atoms with van der Waals surface area (Å²) in [7, 11) is 3.27. The molecule has 30 heavy (non-hydrogen) atoms. The van der Waals surface area contributed by atoms with E-state index < -0.39 is 0 Å². The Kier molecular flexibility index (Phi) is 7.57. The topological polar surface area (TPSA) is 62.8 Å². The Labute approximate surface area is 179 Å². The first-order chi connectivity index (χ1) is 14.5. The molecule has 6 nitrogen and oxygen atoms in total. The lowest BCUT2D eigenvalue weighted by molar-refractivity contribution is -0.123. The molecular formula is C24H33N3O3. The van der Waals surface area contributed by atoms with Crippen molar-refractivity contribution < 1.29 is 14.3 Å². The molecule has 1 amide bonds. The van der Waals surface area contributed by atoms with Crippen LogP contribution in [-0.4, -0.2) is 50.7 Å². The summed E-state index contributed by atoms with van der Waals surface area (Å²) < 4.78 is 10.8. The third-order valence-electron chi connectivity index (χ3n) is 5.74. The summed E-state index contributed by atoms with van der Waals surface area (Å²) in [6, 6.07) is 14.3. The van der Waals surface area contributed by atoms with E-state index in [0.29, 0.717) is 12.6 Å². The monoisotopic (exact) mass is 411 g/mol. The number of benzene rings is 2. The molecule has 0 aliphatic carbocycles. The van der Waals surface area contributed by atoms with E-state index in [0.717, 1.165) is 43.0 Å². The molecular weight excluding hydrogens is 378 g/mol. The van der Waals surface area contributed by atoms with Gasteiger partial charge in [-0.05, 0) is 56.5 Å². The van der Waals surface area contributed by atoms with Crippen molar-refractivity contribution in [3.63, 3.8) is 0 Å². The van der Waals surface area contributed by atoms with Crippen LogP contribution < -0.4 is 20.1 Å². The van der Waals surface area contributed by atoms with Crippen molar-refractivity contribution in [1.82, 2.24) is 10.2 Å². The molecule has 1 unspecified atom stereocenters. The first kappa shape index (κ1) is 22.0. The van der Waals surface area contributed by atoms with Crippen molar-refractivity contribution in [2.24, 2.45) is 0 Å². The molecule has 1 aliphatic rings. The van der Waals surface area contributed by atoms with Crippen LogP contribution in [0.2, 0.25) is 0 Å². The smallest absolute Gasteiger partial charge is 0.234 e. The summed E-state index contributed by atoms with van der Waals surface area (Å²) in [5.74, 6) is 1.51. The van der Waals surface area contributed by atoms with E-state index in [1.54, 1.807) is 14.2 Å². The van der Waals surface area contributed by atoms with Gasteiger partial charge < -0.3 is 20.1 Å². The molecule has 3 rings (SSSR count). The maximum absolute atomic E-state index is 12.6. The Morgan fingerprint density at radius 2 is 1.87 bits per heavy atom. The molecule has 0 saturated carbocycles. The van der Waals surface area contributed by atoms with E-state index in [-0.39, 0.29) is 11.9 Å². The number of nitrogens with one attached hydrogen (secondary N) is 2. The van der Waals surface area contributed by atoms with Crippen molar-refractivity contribution in [3.05, 3.63) is 53.6 Å². The number of anilines is 1. The Hall–Kier alpha value is -2.73. The fourth-order valence-electron chi connectivity index (χ4n) is 3.94. The minimum absolute atomic E-state index is 0.0256. The standard InChI is InChI=1S/C24H33N3O3/c1-17-7-5-6-8-22(17)26-19-11-13-27(14-12-19)16-24(28)25-18(2)21-15-20(29-3)9-10-23(21)30-4/h5-10,15,18-19,26H,11-14,16H2,1-4H3,(H,25,28). The Morgan fingerprint density at radius 3 is 2.53 bits per heavy atom. The third kappa shape index (κ3) is 5.66. The number of methoxy groups -OCH3 is 2. The SMILES string of the molecule is COc1ccc(OC)c(C(C)NC(=O)CN2CCC(Nc3ccccc3C)CC2)c1. The van der Waals surface area contributed by atoms with Gasteiger partial charge in [0.2, 0.25) is 5.91 Å². The number of nitrogens with zero attached hydrogens (tertiary/aromatic N) is 1. The Morgan fingerprint density at radius 1 is 1.13 bits per heavy atom. The molecule has 162 valence electrons. The maximum Gasteiger partial charge on any atom is 0.234 e. The van der Waals surface area contributed by atoms with Gasteiger partial charge in [-0.15, -0.1) is 0 Å². The van der Waals surface area contributed by atoms with E-state index in [2.05, 4.69) is 46.7 Å². The van der Waals surface area contributed by atoms with Gasteiger partial charge in [0, 0.05) is 30.4 Å². The zero-order valence-electron chi connectivity index (χ0n) is 18.4. The largest absolute Gasteiger partial charge is 0.497 e. The molecule has 0 bridgehead atoms. The molecule has 1 aliphatic heterocycles. The van der Waals surface area contributed by atoms with Crippen LogP contribution in [0.1, 0.15) is 36.9 Å². The fourth-order valence-corrected chi connectivity index (χ4v) is 3.94. The zero-order valence-corrected chi connectivity index (χ0v) is 18.4. The lowest BCUT2D eigenvalue weighted by atomic mass is 10.0. The summed E-state index contributed by atoms with van der Waals surface area (Å²) in [5, 5.41) is 6.74. The predicted molar refractivity (Wildman–Crippen MR) is 120 cm³/mol. The molecule has 1 saturated heterocycles. The number of hydrogen-bond donors (Lipinski definition) is 2. The highest BCUT2D eigenvalue weighted by Crippen LogP contribution is 2.29. The van der Waals surface area contributed by atoms with Crippen molar-refractivity contribution >= 4 is 11.6 Å². The average molecular weight is 412 g/mol. The number of carbonyl (C=O) groups is 1. The Balaban J connectivity index is 1.49. The average Bonchev–Trinajstić information content (AvgIpc) is 2.76. The summed E-state index contributed by atoms with van der Waals surface area (Å²) in [6.45, 7) is 6.32. The van der Waals surface area contributed by atoms with Crippen LogP contribution in [0.3, 0.4) is 0 Å². The lowest BCUT2D eigenvalue weighted by Crippen LogP contribution is -2.44. The number of aryl methyl sites for hydroxylation is 1. The van der Waals surface area contributed by atoms with Gasteiger partial charge in [0.25, 0.3) is 0 Å². The normalized spacial score (nSPS) is 16.0.